The standard InChI is InChI=1S/C15H21NO5S/c1-20-13-4-3-11(9-14(13)21-2)5-7-16-15(17)12-6-8-22(18,19)10-12/h3-4,9,12H,5-8,10H2,1-2H3,(H,16,17)/t12-/m1/s1. The minimum Gasteiger partial charge on any atom is -0.493 e. The molecule has 0 aliphatic carbocycles. The molecule has 1 aromatic carbocycles. The Balaban J connectivity index is 1.85. The van der Waals surface area contributed by atoms with E-state index in [0.717, 1.165) is 5.56 Å². The van der Waals surface area contributed by atoms with E-state index in [1.54, 1.807) is 14.2 Å². The molecule has 1 atom stereocenters. The van der Waals surface area contributed by atoms with Crippen molar-refractivity contribution in [3.8, 4) is 11.5 Å². The number of hydrogen-bond donors (Lipinski definition) is 1. The first-order valence-corrected chi connectivity index (χ1v) is 8.96. The quantitative estimate of drug-likeness (QED) is 0.836. The van der Waals surface area contributed by atoms with Crippen LogP contribution in [-0.2, 0) is 21.1 Å². The number of amides is 1. The van der Waals surface area contributed by atoms with Crippen LogP contribution in [-0.4, -0.2) is 46.6 Å². The molecule has 0 unspecified atom stereocenters. The van der Waals surface area contributed by atoms with Crippen LogP contribution in [0.15, 0.2) is 18.2 Å². The van der Waals surface area contributed by atoms with Crippen molar-refractivity contribution >= 4 is 15.7 Å². The van der Waals surface area contributed by atoms with Gasteiger partial charge in [-0.3, -0.25) is 4.79 Å². The summed E-state index contributed by atoms with van der Waals surface area (Å²) < 4.78 is 33.1. The highest BCUT2D eigenvalue weighted by atomic mass is 32.2. The van der Waals surface area contributed by atoms with Gasteiger partial charge in [-0.25, -0.2) is 8.42 Å². The van der Waals surface area contributed by atoms with Gasteiger partial charge in [-0.15, -0.1) is 0 Å². The first kappa shape index (κ1) is 16.6. The number of carbonyl (C=O) groups is 1. The van der Waals surface area contributed by atoms with Gasteiger partial charge in [0.25, 0.3) is 0 Å². The fourth-order valence-electron chi connectivity index (χ4n) is 2.51. The molecular formula is C15H21NO5S. The topological polar surface area (TPSA) is 81.7 Å². The van der Waals surface area contributed by atoms with E-state index in [4.69, 9.17) is 9.47 Å². The van der Waals surface area contributed by atoms with Gasteiger partial charge in [-0.05, 0) is 30.5 Å². The third-order valence-electron chi connectivity index (χ3n) is 3.76. The summed E-state index contributed by atoms with van der Waals surface area (Å²) in [5, 5.41) is 2.80. The lowest BCUT2D eigenvalue weighted by molar-refractivity contribution is -0.124. The van der Waals surface area contributed by atoms with Crippen LogP contribution in [0.1, 0.15) is 12.0 Å². The van der Waals surface area contributed by atoms with Gasteiger partial charge in [0.15, 0.2) is 21.3 Å². The minimum absolute atomic E-state index is 0.0325. The molecular weight excluding hydrogens is 306 g/mol. The highest BCUT2D eigenvalue weighted by Gasteiger charge is 2.32. The maximum absolute atomic E-state index is 11.9. The number of carbonyl (C=O) groups excluding carboxylic acids is 1. The average molecular weight is 327 g/mol. The van der Waals surface area contributed by atoms with Crippen LogP contribution >= 0.6 is 0 Å². The number of sulfone groups is 1. The van der Waals surface area contributed by atoms with E-state index in [9.17, 15) is 13.2 Å². The smallest absolute Gasteiger partial charge is 0.224 e. The van der Waals surface area contributed by atoms with Gasteiger partial charge in [-0.2, -0.15) is 0 Å². The zero-order valence-electron chi connectivity index (χ0n) is 12.8. The fourth-order valence-corrected chi connectivity index (χ4v) is 4.25. The van der Waals surface area contributed by atoms with E-state index in [-0.39, 0.29) is 17.4 Å². The number of methoxy groups -OCH3 is 2. The van der Waals surface area contributed by atoms with E-state index in [1.165, 1.54) is 0 Å². The van der Waals surface area contributed by atoms with Crippen LogP contribution in [0.4, 0.5) is 0 Å². The zero-order valence-corrected chi connectivity index (χ0v) is 13.6. The maximum atomic E-state index is 11.9. The molecule has 1 aliphatic heterocycles. The minimum atomic E-state index is -3.03. The van der Waals surface area contributed by atoms with Crippen molar-refractivity contribution in [3.05, 3.63) is 23.8 Å². The average Bonchev–Trinajstić information content (AvgIpc) is 2.87. The first-order chi connectivity index (χ1) is 10.4. The van der Waals surface area contributed by atoms with Gasteiger partial charge in [-0.1, -0.05) is 6.07 Å². The van der Waals surface area contributed by atoms with Gasteiger partial charge in [0.2, 0.25) is 5.91 Å². The molecule has 0 bridgehead atoms. The Morgan fingerprint density at radius 1 is 1.27 bits per heavy atom. The Morgan fingerprint density at radius 3 is 2.59 bits per heavy atom. The summed E-state index contributed by atoms with van der Waals surface area (Å²) >= 11 is 0. The molecule has 1 N–H and O–H groups in total. The van der Waals surface area contributed by atoms with Crippen molar-refractivity contribution < 1.29 is 22.7 Å². The summed E-state index contributed by atoms with van der Waals surface area (Å²) in [6.45, 7) is 0.463. The third-order valence-corrected chi connectivity index (χ3v) is 5.53. The lowest BCUT2D eigenvalue weighted by Gasteiger charge is -2.11. The molecule has 22 heavy (non-hydrogen) atoms. The molecule has 0 radical (unpaired) electrons. The Morgan fingerprint density at radius 2 is 2.00 bits per heavy atom. The molecule has 1 amide bonds. The van der Waals surface area contributed by atoms with Crippen LogP contribution in [0.25, 0.3) is 0 Å². The van der Waals surface area contributed by atoms with Crippen molar-refractivity contribution in [2.24, 2.45) is 5.92 Å². The van der Waals surface area contributed by atoms with Crippen LogP contribution < -0.4 is 14.8 Å². The molecule has 1 saturated heterocycles. The van der Waals surface area contributed by atoms with E-state index >= 15 is 0 Å². The van der Waals surface area contributed by atoms with Crippen molar-refractivity contribution in [1.82, 2.24) is 5.32 Å². The van der Waals surface area contributed by atoms with Crippen LogP contribution in [0.3, 0.4) is 0 Å². The Kier molecular flexibility index (Phi) is 5.28. The third kappa shape index (κ3) is 4.13. The first-order valence-electron chi connectivity index (χ1n) is 7.14. The lowest BCUT2D eigenvalue weighted by atomic mass is 10.1. The van der Waals surface area contributed by atoms with E-state index in [2.05, 4.69) is 5.32 Å². The Labute approximate surface area is 130 Å². The summed E-state index contributed by atoms with van der Waals surface area (Å²) in [6.07, 6.45) is 1.07. The summed E-state index contributed by atoms with van der Waals surface area (Å²) in [4.78, 5) is 11.9. The molecule has 0 spiro atoms. The maximum Gasteiger partial charge on any atom is 0.224 e. The largest absolute Gasteiger partial charge is 0.493 e. The number of rotatable bonds is 6. The van der Waals surface area contributed by atoms with Crippen LogP contribution in [0.2, 0.25) is 0 Å². The molecule has 0 aromatic heterocycles. The highest BCUT2D eigenvalue weighted by molar-refractivity contribution is 7.91. The van der Waals surface area contributed by atoms with Gasteiger partial charge < -0.3 is 14.8 Å². The van der Waals surface area contributed by atoms with Crippen LogP contribution in [0.5, 0.6) is 11.5 Å². The normalized spacial score (nSPS) is 19.6. The second kappa shape index (κ2) is 7.00. The van der Waals surface area contributed by atoms with Crippen LogP contribution in [0, 0.1) is 5.92 Å². The summed E-state index contributed by atoms with van der Waals surface area (Å²) in [5.74, 6) is 0.798. The summed E-state index contributed by atoms with van der Waals surface area (Å²) in [5.41, 5.74) is 1.01. The van der Waals surface area contributed by atoms with Gasteiger partial charge in [0.05, 0.1) is 31.6 Å². The Hall–Kier alpha value is -1.76. The lowest BCUT2D eigenvalue weighted by Crippen LogP contribution is -2.32. The highest BCUT2D eigenvalue weighted by Crippen LogP contribution is 2.27. The Bertz CT molecular complexity index is 641. The van der Waals surface area contributed by atoms with E-state index in [0.29, 0.717) is 30.9 Å². The van der Waals surface area contributed by atoms with Gasteiger partial charge >= 0.3 is 0 Å². The SMILES string of the molecule is COc1ccc(CCNC(=O)[C@@H]2CCS(=O)(=O)C2)cc1OC. The van der Waals surface area contributed by atoms with Crippen molar-refractivity contribution in [3.63, 3.8) is 0 Å². The monoisotopic (exact) mass is 327 g/mol. The molecule has 122 valence electrons. The molecule has 2 rings (SSSR count). The molecule has 7 heteroatoms. The number of hydrogen-bond acceptors (Lipinski definition) is 5. The summed E-state index contributed by atoms with van der Waals surface area (Å²) in [6, 6.07) is 5.60. The number of nitrogens with one attached hydrogen (secondary N) is 1. The molecule has 1 fully saturated rings. The second-order valence-electron chi connectivity index (χ2n) is 5.33. The second-order valence-corrected chi connectivity index (χ2v) is 7.56. The van der Waals surface area contributed by atoms with Crippen molar-refractivity contribution in [2.45, 2.75) is 12.8 Å². The zero-order chi connectivity index (χ0) is 16.2. The molecule has 6 nitrogen and oxygen atoms in total. The summed E-state index contributed by atoms with van der Waals surface area (Å²) in [7, 11) is 0.124. The van der Waals surface area contributed by atoms with E-state index < -0.39 is 15.8 Å². The fraction of sp³-hybridized carbons (Fsp3) is 0.533. The molecule has 1 aliphatic rings. The molecule has 1 heterocycles. The van der Waals surface area contributed by atoms with Gasteiger partial charge in [0, 0.05) is 6.54 Å². The molecule has 0 saturated carbocycles. The number of ether oxygens (including phenoxy) is 2. The molecule has 1 aromatic rings. The van der Waals surface area contributed by atoms with Gasteiger partial charge in [0.1, 0.15) is 0 Å². The number of benzene rings is 1. The van der Waals surface area contributed by atoms with Crippen molar-refractivity contribution in [1.29, 1.82) is 0 Å². The predicted molar refractivity (Wildman–Crippen MR) is 83.0 cm³/mol. The van der Waals surface area contributed by atoms with Crippen molar-refractivity contribution in [2.75, 3.05) is 32.3 Å². The van der Waals surface area contributed by atoms with E-state index in [1.807, 2.05) is 18.2 Å². The predicted octanol–water partition coefficient (Wildman–Crippen LogP) is 0.797.